The molecule has 1 aromatic heterocycles. The fourth-order valence-corrected chi connectivity index (χ4v) is 2.95. The van der Waals surface area contributed by atoms with Gasteiger partial charge in [-0.25, -0.2) is 4.98 Å². The summed E-state index contributed by atoms with van der Waals surface area (Å²) in [7, 11) is 0. The lowest BCUT2D eigenvalue weighted by atomic mass is 9.96. The number of rotatable bonds is 2. The Balaban J connectivity index is 2.04. The van der Waals surface area contributed by atoms with E-state index in [1.54, 1.807) is 0 Å². The lowest BCUT2D eigenvalue weighted by Crippen LogP contribution is -2.17. The number of aromatic nitrogens is 2. The molecule has 0 amide bonds. The van der Waals surface area contributed by atoms with E-state index in [1.165, 1.54) is 0 Å². The number of fused-ring (bicyclic) bond motifs is 1. The Morgan fingerprint density at radius 2 is 2.28 bits per heavy atom. The second-order valence-electron chi connectivity index (χ2n) is 5.08. The number of carboxylic acid groups (broad SMARTS) is 1. The molecule has 18 heavy (non-hydrogen) atoms. The van der Waals surface area contributed by atoms with Gasteiger partial charge in [-0.3, -0.25) is 4.79 Å². The van der Waals surface area contributed by atoms with Crippen molar-refractivity contribution in [3.8, 4) is 0 Å². The number of nitrogens with one attached hydrogen (secondary N) is 1. The van der Waals surface area contributed by atoms with Crippen LogP contribution < -0.4 is 0 Å². The molecule has 1 fully saturated rings. The van der Waals surface area contributed by atoms with Crippen LogP contribution in [0.1, 0.15) is 36.6 Å². The van der Waals surface area contributed by atoms with Crippen LogP contribution >= 0.6 is 0 Å². The van der Waals surface area contributed by atoms with Gasteiger partial charge in [-0.1, -0.05) is 18.6 Å². The minimum atomic E-state index is -0.699. The van der Waals surface area contributed by atoms with Crippen LogP contribution in [-0.4, -0.2) is 21.0 Å². The highest BCUT2D eigenvalue weighted by atomic mass is 16.4. The van der Waals surface area contributed by atoms with E-state index in [0.29, 0.717) is 0 Å². The van der Waals surface area contributed by atoms with Crippen LogP contribution in [0.4, 0.5) is 0 Å². The zero-order valence-electron chi connectivity index (χ0n) is 10.3. The van der Waals surface area contributed by atoms with Gasteiger partial charge in [0.2, 0.25) is 0 Å². The number of para-hydroxylation sites is 1. The molecule has 0 spiro atoms. The zero-order chi connectivity index (χ0) is 12.7. The summed E-state index contributed by atoms with van der Waals surface area (Å²) in [5.74, 6) is -0.112. The van der Waals surface area contributed by atoms with Gasteiger partial charge in [0.05, 0.1) is 17.0 Å². The number of hydrogen-bond donors (Lipinski definition) is 2. The molecule has 1 aliphatic rings. The van der Waals surface area contributed by atoms with Gasteiger partial charge in [0, 0.05) is 5.92 Å². The van der Waals surface area contributed by atoms with Gasteiger partial charge in [-0.2, -0.15) is 0 Å². The standard InChI is InChI=1S/C14H16N2O2/c1-8-4-2-7-11-12(8)16-13(15-11)9-5-3-6-10(9)14(17)18/h2,4,7,9-10H,3,5-6H2,1H3,(H,15,16)(H,17,18). The van der Waals surface area contributed by atoms with Gasteiger partial charge in [-0.05, 0) is 31.4 Å². The minimum Gasteiger partial charge on any atom is -0.481 e. The van der Waals surface area contributed by atoms with E-state index < -0.39 is 5.97 Å². The molecular formula is C14H16N2O2. The van der Waals surface area contributed by atoms with E-state index in [4.69, 9.17) is 0 Å². The Hall–Kier alpha value is -1.84. The molecule has 1 saturated carbocycles. The summed E-state index contributed by atoms with van der Waals surface area (Å²) in [5.41, 5.74) is 3.09. The molecule has 2 unspecified atom stereocenters. The highest BCUT2D eigenvalue weighted by Crippen LogP contribution is 2.39. The van der Waals surface area contributed by atoms with Crippen molar-refractivity contribution >= 4 is 17.0 Å². The molecule has 0 aliphatic heterocycles. The van der Waals surface area contributed by atoms with E-state index in [0.717, 1.165) is 41.7 Å². The number of H-pyrrole nitrogens is 1. The first-order valence-electron chi connectivity index (χ1n) is 6.35. The zero-order valence-corrected chi connectivity index (χ0v) is 10.3. The first-order chi connectivity index (χ1) is 8.66. The lowest BCUT2D eigenvalue weighted by Gasteiger charge is -2.12. The summed E-state index contributed by atoms with van der Waals surface area (Å²) in [6, 6.07) is 6.00. The number of carbonyl (C=O) groups is 1. The van der Waals surface area contributed by atoms with Crippen molar-refractivity contribution in [1.82, 2.24) is 9.97 Å². The topological polar surface area (TPSA) is 66.0 Å². The molecule has 2 aromatic rings. The molecule has 4 heteroatoms. The van der Waals surface area contributed by atoms with Crippen molar-refractivity contribution in [2.45, 2.75) is 32.1 Å². The summed E-state index contributed by atoms with van der Waals surface area (Å²) in [6.45, 7) is 2.02. The van der Waals surface area contributed by atoms with Gasteiger partial charge < -0.3 is 10.1 Å². The van der Waals surface area contributed by atoms with Crippen molar-refractivity contribution in [3.05, 3.63) is 29.6 Å². The van der Waals surface area contributed by atoms with Crippen LogP contribution in [0.5, 0.6) is 0 Å². The van der Waals surface area contributed by atoms with Crippen LogP contribution in [0.3, 0.4) is 0 Å². The highest BCUT2D eigenvalue weighted by Gasteiger charge is 2.35. The molecule has 1 aromatic carbocycles. The van der Waals surface area contributed by atoms with Crippen molar-refractivity contribution in [1.29, 1.82) is 0 Å². The van der Waals surface area contributed by atoms with E-state index >= 15 is 0 Å². The van der Waals surface area contributed by atoms with Crippen molar-refractivity contribution in [2.75, 3.05) is 0 Å². The van der Waals surface area contributed by atoms with Crippen LogP contribution in [-0.2, 0) is 4.79 Å². The summed E-state index contributed by atoms with van der Waals surface area (Å²) in [4.78, 5) is 19.1. The normalized spacial score (nSPS) is 23.6. The first kappa shape index (κ1) is 11.3. The van der Waals surface area contributed by atoms with Gasteiger partial charge in [0.1, 0.15) is 5.82 Å². The number of benzene rings is 1. The lowest BCUT2D eigenvalue weighted by molar-refractivity contribution is -0.142. The fourth-order valence-electron chi connectivity index (χ4n) is 2.95. The summed E-state index contributed by atoms with van der Waals surface area (Å²) >= 11 is 0. The molecule has 2 atom stereocenters. The third-order valence-corrected chi connectivity index (χ3v) is 3.92. The predicted octanol–water partition coefficient (Wildman–Crippen LogP) is 2.84. The Morgan fingerprint density at radius 1 is 1.44 bits per heavy atom. The first-order valence-corrected chi connectivity index (χ1v) is 6.35. The SMILES string of the molecule is Cc1cccc2[nH]c(C3CCCC3C(=O)O)nc12. The molecule has 0 bridgehead atoms. The fraction of sp³-hybridized carbons (Fsp3) is 0.429. The Labute approximate surface area is 105 Å². The summed E-state index contributed by atoms with van der Waals surface area (Å²) in [6.07, 6.45) is 2.64. The van der Waals surface area contributed by atoms with Gasteiger partial charge in [0.25, 0.3) is 0 Å². The molecule has 4 nitrogen and oxygen atoms in total. The molecular weight excluding hydrogens is 228 g/mol. The monoisotopic (exact) mass is 244 g/mol. The molecule has 1 aliphatic carbocycles. The van der Waals surface area contributed by atoms with E-state index in [9.17, 15) is 9.90 Å². The largest absolute Gasteiger partial charge is 0.481 e. The predicted molar refractivity (Wildman–Crippen MR) is 68.5 cm³/mol. The molecule has 0 radical (unpaired) electrons. The maximum Gasteiger partial charge on any atom is 0.307 e. The smallest absolute Gasteiger partial charge is 0.307 e. The average molecular weight is 244 g/mol. The number of carboxylic acids is 1. The number of imidazole rings is 1. The van der Waals surface area contributed by atoms with Gasteiger partial charge >= 0.3 is 5.97 Å². The molecule has 0 saturated heterocycles. The number of hydrogen-bond acceptors (Lipinski definition) is 2. The molecule has 3 rings (SSSR count). The number of aryl methyl sites for hydroxylation is 1. The number of aliphatic carboxylic acids is 1. The molecule has 94 valence electrons. The Kier molecular flexibility index (Phi) is 2.58. The van der Waals surface area contributed by atoms with Crippen LogP contribution in [0.2, 0.25) is 0 Å². The van der Waals surface area contributed by atoms with Crippen LogP contribution in [0.25, 0.3) is 11.0 Å². The highest BCUT2D eigenvalue weighted by molar-refractivity contribution is 5.79. The summed E-state index contributed by atoms with van der Waals surface area (Å²) in [5, 5.41) is 9.23. The number of aromatic amines is 1. The van der Waals surface area contributed by atoms with Crippen LogP contribution in [0, 0.1) is 12.8 Å². The van der Waals surface area contributed by atoms with Gasteiger partial charge in [-0.15, -0.1) is 0 Å². The Bertz CT molecular complexity index is 603. The Morgan fingerprint density at radius 3 is 3.00 bits per heavy atom. The number of nitrogens with zero attached hydrogens (tertiary/aromatic N) is 1. The van der Waals surface area contributed by atoms with Crippen molar-refractivity contribution in [2.24, 2.45) is 5.92 Å². The third kappa shape index (κ3) is 1.68. The van der Waals surface area contributed by atoms with Crippen molar-refractivity contribution < 1.29 is 9.90 Å². The van der Waals surface area contributed by atoms with E-state index in [-0.39, 0.29) is 11.8 Å². The second-order valence-corrected chi connectivity index (χ2v) is 5.08. The van der Waals surface area contributed by atoms with E-state index in [1.807, 2.05) is 25.1 Å². The maximum atomic E-state index is 11.2. The average Bonchev–Trinajstić information content (AvgIpc) is 2.95. The minimum absolute atomic E-state index is 0.0364. The van der Waals surface area contributed by atoms with Crippen molar-refractivity contribution in [3.63, 3.8) is 0 Å². The quantitative estimate of drug-likeness (QED) is 0.853. The second kappa shape index (κ2) is 4.12. The maximum absolute atomic E-state index is 11.2. The van der Waals surface area contributed by atoms with Crippen LogP contribution in [0.15, 0.2) is 18.2 Å². The molecule has 2 N–H and O–H groups in total. The van der Waals surface area contributed by atoms with E-state index in [2.05, 4.69) is 9.97 Å². The molecule has 1 heterocycles. The summed E-state index contributed by atoms with van der Waals surface area (Å²) < 4.78 is 0. The van der Waals surface area contributed by atoms with Gasteiger partial charge in [0.15, 0.2) is 0 Å². The third-order valence-electron chi connectivity index (χ3n) is 3.92.